The molecule has 1 amide bonds. The Labute approximate surface area is 215 Å². The zero-order chi connectivity index (χ0) is 27.2. The Morgan fingerprint density at radius 2 is 1.79 bits per heavy atom. The van der Waals surface area contributed by atoms with E-state index in [-0.39, 0.29) is 54.3 Å². The minimum Gasteiger partial charge on any atom is -0.462 e. The minimum absolute atomic E-state index is 0.00957. The van der Waals surface area contributed by atoms with Crippen LogP contribution in [0.25, 0.3) is 0 Å². The van der Waals surface area contributed by atoms with Gasteiger partial charge in [-0.25, -0.2) is 14.4 Å². The molecule has 12 heteroatoms. The molecule has 1 saturated carbocycles. The predicted octanol–water partition coefficient (Wildman–Crippen LogP) is 3.68. The van der Waals surface area contributed by atoms with Crippen LogP contribution in [0, 0.1) is 0 Å². The zero-order valence-electron chi connectivity index (χ0n) is 20.8. The molecule has 38 heavy (non-hydrogen) atoms. The number of rotatable bonds is 5. The number of benzene rings is 1. The van der Waals surface area contributed by atoms with Crippen molar-refractivity contribution in [3.63, 3.8) is 0 Å². The number of alkyl halides is 3. The fraction of sp³-hybridized carbons (Fsp3) is 0.538. The maximum Gasteiger partial charge on any atom is 0.416 e. The molecular weight excluding hydrogens is 507 g/mol. The summed E-state index contributed by atoms with van der Waals surface area (Å²) in [5.74, 6) is -0.893. The molecule has 1 atom stereocenters. The van der Waals surface area contributed by atoms with E-state index in [1.807, 2.05) is 0 Å². The van der Waals surface area contributed by atoms with Gasteiger partial charge in [0.2, 0.25) is 0 Å². The number of carbonyl (C=O) groups is 2. The molecule has 0 bridgehead atoms. The maximum absolute atomic E-state index is 13.8. The number of fused-ring (bicyclic) bond motifs is 1. The average molecular weight is 536 g/mol. The average Bonchev–Trinajstić information content (AvgIpc) is 3.50. The van der Waals surface area contributed by atoms with Crippen LogP contribution in [0.5, 0.6) is 0 Å². The van der Waals surface area contributed by atoms with Crippen LogP contribution in [0.15, 0.2) is 34.0 Å². The molecule has 0 radical (unpaired) electrons. The van der Waals surface area contributed by atoms with Gasteiger partial charge in [0.15, 0.2) is 0 Å². The number of ether oxygens (including phenoxy) is 2. The lowest BCUT2D eigenvalue weighted by atomic mass is 9.90. The summed E-state index contributed by atoms with van der Waals surface area (Å²) in [7, 11) is 0. The molecule has 0 spiro atoms. The summed E-state index contributed by atoms with van der Waals surface area (Å²) in [6.07, 6.45) is -1.34. The number of hydrogen-bond donors (Lipinski definition) is 0. The third kappa shape index (κ3) is 4.49. The summed E-state index contributed by atoms with van der Waals surface area (Å²) >= 11 is 0. The highest BCUT2D eigenvalue weighted by molar-refractivity contribution is 5.88. The number of amides is 1. The van der Waals surface area contributed by atoms with E-state index in [0.717, 1.165) is 10.6 Å². The first-order valence-electron chi connectivity index (χ1n) is 12.8. The summed E-state index contributed by atoms with van der Waals surface area (Å²) in [4.78, 5) is 53.6. The predicted molar refractivity (Wildman–Crippen MR) is 128 cm³/mol. The van der Waals surface area contributed by atoms with Gasteiger partial charge < -0.3 is 14.4 Å². The standard InChI is InChI=1S/C26H28F3N3O6/c1-2-37-23(34)19-14-31(16-8-6-15(7-9-16)30-12-13-38-25(30)36)24(35)32(22(19)33)21-11-10-17-18(21)4-3-5-20(17)26(27,28)29/h3-5,14-16,21H,2,6-13H2,1H3/t15-,16-,21-/m0/s1. The SMILES string of the molecule is CCOC(=O)c1cn([C@H]2CC[C@H](N3CCOC3=O)CC2)c(=O)n([C@H]2CCc3c2cccc3C(F)(F)F)c1=O. The van der Waals surface area contributed by atoms with Crippen LogP contribution in [0.3, 0.4) is 0 Å². The molecule has 2 heterocycles. The van der Waals surface area contributed by atoms with Crippen molar-refractivity contribution in [1.82, 2.24) is 14.0 Å². The van der Waals surface area contributed by atoms with Crippen molar-refractivity contribution in [3.05, 3.63) is 67.5 Å². The number of hydrogen-bond acceptors (Lipinski definition) is 6. The number of esters is 1. The number of carbonyl (C=O) groups excluding carboxylic acids is 2. The maximum atomic E-state index is 13.8. The van der Waals surface area contributed by atoms with Crippen molar-refractivity contribution in [3.8, 4) is 0 Å². The van der Waals surface area contributed by atoms with Gasteiger partial charge in [-0.3, -0.25) is 13.9 Å². The summed E-state index contributed by atoms with van der Waals surface area (Å²) in [6, 6.07) is 2.42. The lowest BCUT2D eigenvalue weighted by Gasteiger charge is -2.34. The van der Waals surface area contributed by atoms with Crippen molar-refractivity contribution in [2.45, 2.75) is 69.8 Å². The van der Waals surface area contributed by atoms with Gasteiger partial charge in [-0.15, -0.1) is 0 Å². The van der Waals surface area contributed by atoms with Gasteiger partial charge in [-0.2, -0.15) is 13.2 Å². The van der Waals surface area contributed by atoms with Gasteiger partial charge in [-0.05, 0) is 62.6 Å². The van der Waals surface area contributed by atoms with Crippen molar-refractivity contribution in [2.75, 3.05) is 19.8 Å². The van der Waals surface area contributed by atoms with Crippen LogP contribution >= 0.6 is 0 Å². The van der Waals surface area contributed by atoms with E-state index < -0.39 is 35.0 Å². The zero-order valence-corrected chi connectivity index (χ0v) is 20.8. The molecule has 2 aliphatic carbocycles. The lowest BCUT2D eigenvalue weighted by Crippen LogP contribution is -2.47. The first-order valence-corrected chi connectivity index (χ1v) is 12.8. The van der Waals surface area contributed by atoms with Crippen LogP contribution in [0.2, 0.25) is 0 Å². The van der Waals surface area contributed by atoms with Crippen LogP contribution in [-0.4, -0.2) is 51.9 Å². The third-order valence-electron chi connectivity index (χ3n) is 7.79. The van der Waals surface area contributed by atoms with Crippen molar-refractivity contribution in [2.24, 2.45) is 0 Å². The summed E-state index contributed by atoms with van der Waals surface area (Å²) in [5.41, 5.74) is -2.37. The second-order valence-corrected chi connectivity index (χ2v) is 9.82. The second-order valence-electron chi connectivity index (χ2n) is 9.82. The van der Waals surface area contributed by atoms with Crippen molar-refractivity contribution >= 4 is 12.1 Å². The van der Waals surface area contributed by atoms with Gasteiger partial charge in [0.25, 0.3) is 5.56 Å². The molecule has 2 aromatic rings. The van der Waals surface area contributed by atoms with Crippen LogP contribution in [-0.2, 0) is 22.1 Å². The van der Waals surface area contributed by atoms with Gasteiger partial charge in [-0.1, -0.05) is 12.1 Å². The van der Waals surface area contributed by atoms with E-state index in [1.54, 1.807) is 11.8 Å². The summed E-state index contributed by atoms with van der Waals surface area (Å²) < 4.78 is 53.3. The smallest absolute Gasteiger partial charge is 0.416 e. The molecular formula is C26H28F3N3O6. The molecule has 1 aromatic carbocycles. The molecule has 1 aromatic heterocycles. The summed E-state index contributed by atoms with van der Waals surface area (Å²) in [5, 5.41) is 0. The van der Waals surface area contributed by atoms with E-state index >= 15 is 0 Å². The van der Waals surface area contributed by atoms with Gasteiger partial charge in [0, 0.05) is 18.3 Å². The van der Waals surface area contributed by atoms with Gasteiger partial charge >= 0.3 is 23.9 Å². The molecule has 1 saturated heterocycles. The number of cyclic esters (lactones) is 1. The van der Waals surface area contributed by atoms with Crippen LogP contribution < -0.4 is 11.2 Å². The molecule has 9 nitrogen and oxygen atoms in total. The molecule has 204 valence electrons. The molecule has 2 fully saturated rings. The Kier molecular flexibility index (Phi) is 6.83. The van der Waals surface area contributed by atoms with Gasteiger partial charge in [0.1, 0.15) is 12.2 Å². The van der Waals surface area contributed by atoms with E-state index in [2.05, 4.69) is 0 Å². The Balaban J connectivity index is 1.55. The highest BCUT2D eigenvalue weighted by Gasteiger charge is 2.39. The largest absolute Gasteiger partial charge is 0.462 e. The summed E-state index contributed by atoms with van der Waals surface area (Å²) in [6.45, 7) is 2.44. The normalized spacial score (nSPS) is 23.3. The Morgan fingerprint density at radius 1 is 1.08 bits per heavy atom. The number of halogens is 3. The second kappa shape index (κ2) is 9.95. The highest BCUT2D eigenvalue weighted by Crippen LogP contribution is 2.41. The van der Waals surface area contributed by atoms with Crippen LogP contribution in [0.1, 0.15) is 78.2 Å². The van der Waals surface area contributed by atoms with E-state index in [9.17, 15) is 32.3 Å². The first-order chi connectivity index (χ1) is 18.1. The topological polar surface area (TPSA) is 99.8 Å². The highest BCUT2D eigenvalue weighted by atomic mass is 19.4. The Hall–Kier alpha value is -3.57. The minimum atomic E-state index is -4.57. The van der Waals surface area contributed by atoms with E-state index in [0.29, 0.717) is 38.8 Å². The van der Waals surface area contributed by atoms with E-state index in [4.69, 9.17) is 9.47 Å². The molecule has 5 rings (SSSR count). The van der Waals surface area contributed by atoms with Crippen molar-refractivity contribution in [1.29, 1.82) is 0 Å². The Bertz CT molecular complexity index is 1370. The van der Waals surface area contributed by atoms with Crippen LogP contribution in [0.4, 0.5) is 18.0 Å². The molecule has 1 aliphatic heterocycles. The Morgan fingerprint density at radius 3 is 2.42 bits per heavy atom. The fourth-order valence-electron chi connectivity index (χ4n) is 6.03. The van der Waals surface area contributed by atoms with Crippen molar-refractivity contribution < 1.29 is 32.2 Å². The van der Waals surface area contributed by atoms with E-state index in [1.165, 1.54) is 22.9 Å². The first kappa shape index (κ1) is 26.1. The van der Waals surface area contributed by atoms with Gasteiger partial charge in [0.05, 0.1) is 24.8 Å². The monoisotopic (exact) mass is 535 g/mol. The lowest BCUT2D eigenvalue weighted by molar-refractivity contribution is -0.138. The quantitative estimate of drug-likeness (QED) is 0.542. The molecule has 3 aliphatic rings. The number of aromatic nitrogens is 2. The molecule has 0 unspecified atom stereocenters. The fourth-order valence-corrected chi connectivity index (χ4v) is 6.03. The number of nitrogens with zero attached hydrogens (tertiary/aromatic N) is 3. The third-order valence-corrected chi connectivity index (χ3v) is 7.79. The molecule has 0 N–H and O–H groups in total.